The lowest BCUT2D eigenvalue weighted by atomic mass is 10.1. The van der Waals surface area contributed by atoms with Crippen LogP contribution >= 0.6 is 27.3 Å². The summed E-state index contributed by atoms with van der Waals surface area (Å²) in [5.74, 6) is 1.56. The molecular weight excluding hydrogens is 671 g/mol. The average Bonchev–Trinajstić information content (AvgIpc) is 3.51. The van der Waals surface area contributed by atoms with E-state index in [4.69, 9.17) is 19.2 Å². The van der Waals surface area contributed by atoms with Gasteiger partial charge in [0.2, 0.25) is 0 Å². The largest absolute Gasteiger partial charge is 0.496 e. The van der Waals surface area contributed by atoms with E-state index in [1.165, 1.54) is 29.8 Å². The molecule has 5 aromatic rings. The van der Waals surface area contributed by atoms with Crippen LogP contribution in [0.2, 0.25) is 0 Å². The van der Waals surface area contributed by atoms with Gasteiger partial charge in [-0.3, -0.25) is 0 Å². The van der Waals surface area contributed by atoms with Gasteiger partial charge in [-0.05, 0) is 64.8 Å². The van der Waals surface area contributed by atoms with Gasteiger partial charge in [0.05, 0.1) is 35.2 Å². The second-order valence-electron chi connectivity index (χ2n) is 9.80. The van der Waals surface area contributed by atoms with Crippen LogP contribution in [0.4, 0.5) is 15.9 Å². The summed E-state index contributed by atoms with van der Waals surface area (Å²) in [6.07, 6.45) is 1.11. The minimum atomic E-state index is -3.11. The number of halogens is 2. The van der Waals surface area contributed by atoms with E-state index in [1.54, 1.807) is 26.2 Å². The standard InChI is InChI=1S/C31H30BrFN4O5S2/c1-4-44(38,39)11-10-41-19(2)31-37-27(17-43-31)23-14-24-26(15-29(23)40-3)34-18-35-30(24)36-22-8-9-28(25(32)13-22)42-16-20-6-5-7-21(33)12-20/h5-9,12-15,17-19H,4,10-11,16H2,1-3H3,(H,34,35,36). The fraction of sp³-hybridized carbons (Fsp3) is 0.258. The first-order chi connectivity index (χ1) is 21.2. The number of hydrogen-bond acceptors (Lipinski definition) is 10. The first-order valence-electron chi connectivity index (χ1n) is 13.7. The van der Waals surface area contributed by atoms with Crippen LogP contribution in [0.25, 0.3) is 22.2 Å². The Morgan fingerprint density at radius 2 is 1.93 bits per heavy atom. The fourth-order valence-electron chi connectivity index (χ4n) is 4.34. The van der Waals surface area contributed by atoms with Gasteiger partial charge in [-0.15, -0.1) is 11.3 Å². The van der Waals surface area contributed by atoms with E-state index >= 15 is 0 Å². The number of anilines is 2. The molecule has 0 aliphatic heterocycles. The van der Waals surface area contributed by atoms with E-state index in [0.29, 0.717) is 28.5 Å². The topological polar surface area (TPSA) is 113 Å². The van der Waals surface area contributed by atoms with Crippen molar-refractivity contribution in [2.75, 3.05) is 30.5 Å². The number of thiazole rings is 1. The zero-order chi connectivity index (χ0) is 31.3. The lowest BCUT2D eigenvalue weighted by Gasteiger charge is -2.14. The van der Waals surface area contributed by atoms with Crippen LogP contribution in [0, 0.1) is 5.82 Å². The van der Waals surface area contributed by atoms with Crippen molar-refractivity contribution >= 4 is 59.5 Å². The molecule has 0 spiro atoms. The molecule has 2 aromatic heterocycles. The molecule has 0 radical (unpaired) electrons. The van der Waals surface area contributed by atoms with Crippen LogP contribution < -0.4 is 14.8 Å². The lowest BCUT2D eigenvalue weighted by Crippen LogP contribution is -2.15. The van der Waals surface area contributed by atoms with Gasteiger partial charge in [0.15, 0.2) is 9.84 Å². The van der Waals surface area contributed by atoms with Gasteiger partial charge in [-0.2, -0.15) is 0 Å². The number of nitrogens with zero attached hydrogens (tertiary/aromatic N) is 3. The molecule has 0 fully saturated rings. The molecule has 2 heterocycles. The zero-order valence-electron chi connectivity index (χ0n) is 24.2. The molecule has 44 heavy (non-hydrogen) atoms. The van der Waals surface area contributed by atoms with Gasteiger partial charge in [-0.1, -0.05) is 19.1 Å². The van der Waals surface area contributed by atoms with Crippen molar-refractivity contribution in [1.29, 1.82) is 0 Å². The van der Waals surface area contributed by atoms with Crippen molar-refractivity contribution in [2.45, 2.75) is 26.6 Å². The summed E-state index contributed by atoms with van der Waals surface area (Å²) in [6.45, 7) is 3.81. The Morgan fingerprint density at radius 1 is 1.09 bits per heavy atom. The van der Waals surface area contributed by atoms with Crippen molar-refractivity contribution in [2.24, 2.45) is 0 Å². The van der Waals surface area contributed by atoms with Crippen LogP contribution in [0.3, 0.4) is 0 Å². The summed E-state index contributed by atoms with van der Waals surface area (Å²) in [6, 6.07) is 15.6. The van der Waals surface area contributed by atoms with Crippen LogP contribution in [-0.2, 0) is 21.2 Å². The van der Waals surface area contributed by atoms with Crippen LogP contribution in [0.15, 0.2) is 70.8 Å². The zero-order valence-corrected chi connectivity index (χ0v) is 27.4. The van der Waals surface area contributed by atoms with Crippen molar-refractivity contribution in [1.82, 2.24) is 15.0 Å². The number of hydrogen-bond donors (Lipinski definition) is 1. The molecule has 0 saturated carbocycles. The number of benzene rings is 3. The minimum Gasteiger partial charge on any atom is -0.496 e. The SMILES string of the molecule is CCS(=O)(=O)CCOC(C)c1nc(-c2cc3c(Nc4ccc(OCc5cccc(F)c5)c(Br)c4)ncnc3cc2OC)cs1. The van der Waals surface area contributed by atoms with Crippen molar-refractivity contribution in [3.63, 3.8) is 0 Å². The molecule has 1 N–H and O–H groups in total. The van der Waals surface area contributed by atoms with E-state index in [0.717, 1.165) is 31.7 Å². The highest BCUT2D eigenvalue weighted by Gasteiger charge is 2.18. The molecule has 0 bridgehead atoms. The monoisotopic (exact) mass is 700 g/mol. The lowest BCUT2D eigenvalue weighted by molar-refractivity contribution is 0.0775. The Bertz CT molecular complexity index is 1890. The maximum atomic E-state index is 13.5. The second-order valence-corrected chi connectivity index (χ2v) is 14.0. The number of sulfone groups is 1. The maximum Gasteiger partial charge on any atom is 0.152 e. The van der Waals surface area contributed by atoms with E-state index in [-0.39, 0.29) is 36.6 Å². The van der Waals surface area contributed by atoms with Gasteiger partial charge >= 0.3 is 0 Å². The summed E-state index contributed by atoms with van der Waals surface area (Å²) in [5.41, 5.74) is 3.62. The third-order valence-corrected chi connectivity index (χ3v) is 10.1. The predicted octanol–water partition coefficient (Wildman–Crippen LogP) is 7.50. The Balaban J connectivity index is 1.36. The summed E-state index contributed by atoms with van der Waals surface area (Å²) in [7, 11) is -1.52. The highest BCUT2D eigenvalue weighted by molar-refractivity contribution is 9.10. The molecule has 0 saturated heterocycles. The number of nitrogens with one attached hydrogen (secondary N) is 1. The van der Waals surface area contributed by atoms with Crippen molar-refractivity contribution < 1.29 is 27.0 Å². The smallest absolute Gasteiger partial charge is 0.152 e. The molecule has 1 unspecified atom stereocenters. The van der Waals surface area contributed by atoms with E-state index < -0.39 is 9.84 Å². The Hall–Kier alpha value is -3.65. The van der Waals surface area contributed by atoms with Crippen LogP contribution in [0.1, 0.15) is 30.5 Å². The number of methoxy groups -OCH3 is 1. The summed E-state index contributed by atoms with van der Waals surface area (Å²) < 4.78 is 55.2. The van der Waals surface area contributed by atoms with E-state index in [1.807, 2.05) is 42.6 Å². The van der Waals surface area contributed by atoms with Gasteiger partial charge in [0, 0.05) is 33.8 Å². The molecule has 0 aliphatic carbocycles. The van der Waals surface area contributed by atoms with E-state index in [2.05, 4.69) is 31.2 Å². The molecule has 1 atom stereocenters. The van der Waals surface area contributed by atoms with Gasteiger partial charge in [0.1, 0.15) is 47.2 Å². The number of aromatic nitrogens is 3. The molecule has 3 aromatic carbocycles. The molecule has 0 aliphatic rings. The predicted molar refractivity (Wildman–Crippen MR) is 174 cm³/mol. The molecule has 0 amide bonds. The molecule has 5 rings (SSSR count). The van der Waals surface area contributed by atoms with Gasteiger partial charge < -0.3 is 19.5 Å². The third-order valence-electron chi connectivity index (χ3n) is 6.78. The second kappa shape index (κ2) is 14.0. The summed E-state index contributed by atoms with van der Waals surface area (Å²) in [4.78, 5) is 13.7. The molecule has 230 valence electrons. The first kappa shape index (κ1) is 31.8. The summed E-state index contributed by atoms with van der Waals surface area (Å²) >= 11 is 5.00. The van der Waals surface area contributed by atoms with Crippen molar-refractivity contribution in [3.05, 3.63) is 87.2 Å². The third kappa shape index (κ3) is 7.70. The Labute approximate surface area is 267 Å². The number of rotatable bonds is 13. The van der Waals surface area contributed by atoms with Gasteiger partial charge in [0.25, 0.3) is 0 Å². The number of fused-ring (bicyclic) bond motifs is 1. The highest BCUT2D eigenvalue weighted by atomic mass is 79.9. The molecule has 9 nitrogen and oxygen atoms in total. The highest BCUT2D eigenvalue weighted by Crippen LogP contribution is 2.38. The Morgan fingerprint density at radius 3 is 2.68 bits per heavy atom. The average molecular weight is 702 g/mol. The first-order valence-corrected chi connectivity index (χ1v) is 17.2. The Kier molecular flexibility index (Phi) is 10.1. The van der Waals surface area contributed by atoms with Gasteiger partial charge in [-0.25, -0.2) is 27.8 Å². The van der Waals surface area contributed by atoms with Crippen LogP contribution in [-0.4, -0.2) is 48.6 Å². The minimum absolute atomic E-state index is 0.0262. The number of ether oxygens (including phenoxy) is 3. The molecule has 13 heteroatoms. The summed E-state index contributed by atoms with van der Waals surface area (Å²) in [5, 5.41) is 6.76. The van der Waals surface area contributed by atoms with E-state index in [9.17, 15) is 12.8 Å². The normalized spacial score (nSPS) is 12.3. The molecular formula is C31H30BrFN4O5S2. The maximum absolute atomic E-state index is 13.5. The van der Waals surface area contributed by atoms with Crippen LogP contribution in [0.5, 0.6) is 11.5 Å². The fourth-order valence-corrected chi connectivity index (χ4v) is 6.29. The van der Waals surface area contributed by atoms with Crippen molar-refractivity contribution in [3.8, 4) is 22.8 Å². The quantitative estimate of drug-likeness (QED) is 0.133.